The quantitative estimate of drug-likeness (QED) is 0.857. The summed E-state index contributed by atoms with van der Waals surface area (Å²) in [5, 5.41) is 2.84. The minimum atomic E-state index is -3.84. The molecule has 0 saturated carbocycles. The molecular weight excluding hydrogens is 314 g/mol. The molecule has 1 aromatic carbocycles. The Morgan fingerprint density at radius 3 is 2.62 bits per heavy atom. The van der Waals surface area contributed by atoms with Crippen LogP contribution in [-0.2, 0) is 13.8 Å². The number of halogens is 1. The number of nitrogens with one attached hydrogen (secondary N) is 1. The van der Waals surface area contributed by atoms with Crippen LogP contribution in [0.15, 0.2) is 23.1 Å². The van der Waals surface area contributed by atoms with Crippen LogP contribution < -0.4 is 5.32 Å². The van der Waals surface area contributed by atoms with Crippen molar-refractivity contribution in [3.63, 3.8) is 0 Å². The van der Waals surface area contributed by atoms with Crippen molar-refractivity contribution in [1.29, 1.82) is 0 Å². The zero-order valence-electron chi connectivity index (χ0n) is 11.8. The van der Waals surface area contributed by atoms with Crippen LogP contribution in [0.25, 0.3) is 0 Å². The summed E-state index contributed by atoms with van der Waals surface area (Å²) in [5.74, 6) is 0.121. The zero-order valence-corrected chi connectivity index (χ0v) is 13.3. The fourth-order valence-electron chi connectivity index (χ4n) is 2.31. The van der Waals surface area contributed by atoms with Crippen LogP contribution in [0.4, 0.5) is 0 Å². The van der Waals surface area contributed by atoms with E-state index in [1.54, 1.807) is 13.0 Å². The number of carbonyl (C=O) groups excluding carboxylic acids is 1. The molecule has 1 heterocycles. The third kappa shape index (κ3) is 4.69. The van der Waals surface area contributed by atoms with Gasteiger partial charge in [0.1, 0.15) is 0 Å². The van der Waals surface area contributed by atoms with Gasteiger partial charge in [-0.15, -0.1) is 0 Å². The molecule has 21 heavy (non-hydrogen) atoms. The molecule has 1 saturated heterocycles. The van der Waals surface area contributed by atoms with E-state index in [-0.39, 0.29) is 10.8 Å². The van der Waals surface area contributed by atoms with E-state index in [9.17, 15) is 13.2 Å². The third-order valence-corrected chi connectivity index (χ3v) is 4.82. The molecule has 0 spiro atoms. The van der Waals surface area contributed by atoms with Gasteiger partial charge in [0.15, 0.2) is 0 Å². The van der Waals surface area contributed by atoms with Crippen molar-refractivity contribution in [2.45, 2.75) is 24.7 Å². The van der Waals surface area contributed by atoms with Crippen LogP contribution in [0.3, 0.4) is 0 Å². The lowest BCUT2D eigenvalue weighted by Crippen LogP contribution is -2.32. The summed E-state index contributed by atoms with van der Waals surface area (Å²) in [6.07, 6.45) is 1.85. The highest BCUT2D eigenvalue weighted by atomic mass is 35.7. The van der Waals surface area contributed by atoms with Crippen LogP contribution in [-0.4, -0.2) is 34.1 Å². The van der Waals surface area contributed by atoms with Gasteiger partial charge in [0.2, 0.25) is 0 Å². The van der Waals surface area contributed by atoms with Gasteiger partial charge in [-0.1, -0.05) is 0 Å². The topological polar surface area (TPSA) is 72.5 Å². The highest BCUT2D eigenvalue weighted by molar-refractivity contribution is 8.13. The highest BCUT2D eigenvalue weighted by Gasteiger charge is 2.17. The second kappa shape index (κ2) is 6.77. The maximum atomic E-state index is 12.1. The summed E-state index contributed by atoms with van der Waals surface area (Å²) in [5.41, 5.74) is 0.981. The number of carbonyl (C=O) groups is 1. The molecular formula is C14H18ClNO4S. The zero-order chi connectivity index (χ0) is 15.5. The Bertz CT molecular complexity index is 624. The predicted octanol–water partition coefficient (Wildman–Crippen LogP) is 2.08. The van der Waals surface area contributed by atoms with Crippen molar-refractivity contribution in [2.24, 2.45) is 5.92 Å². The van der Waals surface area contributed by atoms with E-state index < -0.39 is 9.05 Å². The average Bonchev–Trinajstić information content (AvgIpc) is 2.44. The summed E-state index contributed by atoms with van der Waals surface area (Å²) < 4.78 is 28.0. The standard InChI is InChI=1S/C14H18ClNO4S/c1-10-6-12(8-13(7-10)21(15,18)19)14(17)16-9-11-2-4-20-5-3-11/h6-8,11H,2-5,9H2,1H3,(H,16,17). The smallest absolute Gasteiger partial charge is 0.261 e. The Kier molecular flexibility index (Phi) is 5.24. The molecule has 0 radical (unpaired) electrons. The molecule has 2 rings (SSSR count). The van der Waals surface area contributed by atoms with E-state index in [1.807, 2.05) is 0 Å². The summed E-state index contributed by atoms with van der Waals surface area (Å²) in [7, 11) is 1.49. The molecule has 1 N–H and O–H groups in total. The number of hydrogen-bond donors (Lipinski definition) is 1. The first-order valence-corrected chi connectivity index (χ1v) is 9.09. The van der Waals surface area contributed by atoms with Crippen molar-refractivity contribution in [3.8, 4) is 0 Å². The van der Waals surface area contributed by atoms with Crippen LogP contribution >= 0.6 is 10.7 Å². The molecule has 0 atom stereocenters. The minimum Gasteiger partial charge on any atom is -0.381 e. The number of benzene rings is 1. The van der Waals surface area contributed by atoms with E-state index in [2.05, 4.69) is 5.32 Å². The Hall–Kier alpha value is -1.11. The van der Waals surface area contributed by atoms with Gasteiger partial charge in [0.05, 0.1) is 4.90 Å². The fourth-order valence-corrected chi connectivity index (χ4v) is 3.17. The number of amides is 1. The molecule has 1 amide bonds. The molecule has 1 aliphatic heterocycles. The molecule has 0 aromatic heterocycles. The molecule has 116 valence electrons. The molecule has 1 aromatic rings. The van der Waals surface area contributed by atoms with Crippen LogP contribution in [0.1, 0.15) is 28.8 Å². The lowest BCUT2D eigenvalue weighted by molar-refractivity contribution is 0.0642. The molecule has 0 unspecified atom stereocenters. The molecule has 1 fully saturated rings. The summed E-state index contributed by atoms with van der Waals surface area (Å²) in [4.78, 5) is 12.1. The SMILES string of the molecule is Cc1cc(C(=O)NCC2CCOCC2)cc(S(=O)(=O)Cl)c1. The Balaban J connectivity index is 2.06. The summed E-state index contributed by atoms with van der Waals surface area (Å²) in [6.45, 7) is 3.74. The van der Waals surface area contributed by atoms with Gasteiger partial charge in [-0.05, 0) is 49.4 Å². The van der Waals surface area contributed by atoms with Crippen LogP contribution in [0, 0.1) is 12.8 Å². The van der Waals surface area contributed by atoms with E-state index >= 15 is 0 Å². The first-order valence-electron chi connectivity index (χ1n) is 6.78. The molecule has 7 heteroatoms. The van der Waals surface area contributed by atoms with E-state index in [4.69, 9.17) is 15.4 Å². The Labute approximate surface area is 129 Å². The van der Waals surface area contributed by atoms with E-state index in [0.717, 1.165) is 26.1 Å². The maximum Gasteiger partial charge on any atom is 0.261 e. The fraction of sp³-hybridized carbons (Fsp3) is 0.500. The van der Waals surface area contributed by atoms with Gasteiger partial charge in [-0.3, -0.25) is 4.79 Å². The highest BCUT2D eigenvalue weighted by Crippen LogP contribution is 2.19. The van der Waals surface area contributed by atoms with E-state index in [0.29, 0.717) is 23.6 Å². The molecule has 0 bridgehead atoms. The van der Waals surface area contributed by atoms with Gasteiger partial charge in [-0.25, -0.2) is 8.42 Å². The third-order valence-electron chi connectivity index (χ3n) is 3.49. The first kappa shape index (κ1) is 16.3. The number of aryl methyl sites for hydroxylation is 1. The van der Waals surface area contributed by atoms with Crippen molar-refractivity contribution in [1.82, 2.24) is 5.32 Å². The van der Waals surface area contributed by atoms with Crippen molar-refractivity contribution in [3.05, 3.63) is 29.3 Å². The van der Waals surface area contributed by atoms with Crippen LogP contribution in [0.2, 0.25) is 0 Å². The molecule has 5 nitrogen and oxygen atoms in total. The predicted molar refractivity (Wildman–Crippen MR) is 80.1 cm³/mol. The number of ether oxygens (including phenoxy) is 1. The van der Waals surface area contributed by atoms with Gasteiger partial charge in [0.25, 0.3) is 15.0 Å². The molecule has 0 aliphatic carbocycles. The lowest BCUT2D eigenvalue weighted by atomic mass is 10.0. The number of hydrogen-bond acceptors (Lipinski definition) is 4. The van der Waals surface area contributed by atoms with Gasteiger partial charge in [-0.2, -0.15) is 0 Å². The number of rotatable bonds is 4. The summed E-state index contributed by atoms with van der Waals surface area (Å²) >= 11 is 0. The van der Waals surface area contributed by atoms with E-state index in [1.165, 1.54) is 12.1 Å². The first-order chi connectivity index (χ1) is 9.86. The Morgan fingerprint density at radius 1 is 1.33 bits per heavy atom. The largest absolute Gasteiger partial charge is 0.381 e. The summed E-state index contributed by atoms with van der Waals surface area (Å²) in [6, 6.07) is 4.39. The average molecular weight is 332 g/mol. The van der Waals surface area contributed by atoms with Gasteiger partial charge >= 0.3 is 0 Å². The van der Waals surface area contributed by atoms with Crippen molar-refractivity contribution < 1.29 is 17.9 Å². The monoisotopic (exact) mass is 331 g/mol. The second-order valence-corrected chi connectivity index (χ2v) is 7.80. The van der Waals surface area contributed by atoms with Gasteiger partial charge < -0.3 is 10.1 Å². The normalized spacial score (nSPS) is 16.7. The second-order valence-electron chi connectivity index (χ2n) is 5.24. The van der Waals surface area contributed by atoms with Crippen molar-refractivity contribution in [2.75, 3.05) is 19.8 Å². The maximum absolute atomic E-state index is 12.1. The Morgan fingerprint density at radius 2 is 2.00 bits per heavy atom. The van der Waals surface area contributed by atoms with Gasteiger partial charge in [0, 0.05) is 36.0 Å². The molecule has 1 aliphatic rings. The van der Waals surface area contributed by atoms with Crippen molar-refractivity contribution >= 4 is 25.6 Å². The lowest BCUT2D eigenvalue weighted by Gasteiger charge is -2.22. The van der Waals surface area contributed by atoms with Crippen LogP contribution in [0.5, 0.6) is 0 Å². The minimum absolute atomic E-state index is 0.0552.